The van der Waals surface area contributed by atoms with Crippen LogP contribution in [0.5, 0.6) is 5.75 Å². The van der Waals surface area contributed by atoms with Crippen molar-refractivity contribution in [2.24, 2.45) is 0 Å². The van der Waals surface area contributed by atoms with Crippen LogP contribution < -0.4 is 10.1 Å². The SMILES string of the molecule is CC(=O)Nc1ccc(Cl)cc1OC[C@H](O)CN1CCC2(CC1)OC(=O)c1ccccc12. The van der Waals surface area contributed by atoms with E-state index < -0.39 is 11.7 Å². The van der Waals surface area contributed by atoms with Crippen molar-refractivity contribution in [3.8, 4) is 5.75 Å². The number of ether oxygens (including phenoxy) is 2. The van der Waals surface area contributed by atoms with Crippen molar-refractivity contribution in [1.82, 2.24) is 4.90 Å². The Kier molecular flexibility index (Phi) is 6.18. The molecular formula is C23H25ClN2O5. The predicted octanol–water partition coefficient (Wildman–Crippen LogP) is 3.20. The molecule has 0 aromatic heterocycles. The van der Waals surface area contributed by atoms with Gasteiger partial charge in [-0.2, -0.15) is 0 Å². The molecular weight excluding hydrogens is 420 g/mol. The van der Waals surface area contributed by atoms with Crippen LogP contribution in [0.3, 0.4) is 0 Å². The van der Waals surface area contributed by atoms with Crippen LogP contribution in [0.4, 0.5) is 5.69 Å². The number of hydrogen-bond acceptors (Lipinski definition) is 6. The van der Waals surface area contributed by atoms with Gasteiger partial charge in [0.05, 0.1) is 11.3 Å². The first-order valence-electron chi connectivity index (χ1n) is 10.3. The molecule has 0 unspecified atom stereocenters. The summed E-state index contributed by atoms with van der Waals surface area (Å²) in [6, 6.07) is 12.5. The average molecular weight is 445 g/mol. The number of benzene rings is 2. The number of esters is 1. The molecule has 1 fully saturated rings. The molecule has 2 aromatic carbocycles. The fraction of sp³-hybridized carbons (Fsp3) is 0.391. The highest BCUT2D eigenvalue weighted by Crippen LogP contribution is 2.43. The zero-order valence-corrected chi connectivity index (χ0v) is 18.0. The largest absolute Gasteiger partial charge is 0.489 e. The highest BCUT2D eigenvalue weighted by Gasteiger charge is 2.47. The van der Waals surface area contributed by atoms with E-state index in [0.29, 0.717) is 54.5 Å². The molecule has 0 bridgehead atoms. The Labute approximate surface area is 185 Å². The molecule has 0 saturated carbocycles. The molecule has 31 heavy (non-hydrogen) atoms. The van der Waals surface area contributed by atoms with Crippen LogP contribution in [0, 0.1) is 0 Å². The van der Waals surface area contributed by atoms with E-state index in [9.17, 15) is 14.7 Å². The lowest BCUT2D eigenvalue weighted by Crippen LogP contribution is -2.46. The highest BCUT2D eigenvalue weighted by atomic mass is 35.5. The van der Waals surface area contributed by atoms with Crippen molar-refractivity contribution in [3.05, 3.63) is 58.6 Å². The van der Waals surface area contributed by atoms with Crippen molar-refractivity contribution in [2.45, 2.75) is 31.5 Å². The number of fused-ring (bicyclic) bond motifs is 2. The Morgan fingerprint density at radius 2 is 2.03 bits per heavy atom. The lowest BCUT2D eigenvalue weighted by molar-refractivity contribution is -0.114. The minimum atomic E-state index is -0.725. The summed E-state index contributed by atoms with van der Waals surface area (Å²) in [5.41, 5.74) is 1.57. The number of nitrogens with zero attached hydrogens (tertiary/aromatic N) is 1. The number of nitrogens with one attached hydrogen (secondary N) is 1. The van der Waals surface area contributed by atoms with Gasteiger partial charge in [0.2, 0.25) is 5.91 Å². The molecule has 1 amide bonds. The summed E-state index contributed by atoms with van der Waals surface area (Å²) >= 11 is 6.03. The zero-order chi connectivity index (χ0) is 22.0. The Balaban J connectivity index is 1.32. The smallest absolute Gasteiger partial charge is 0.339 e. The molecule has 2 N–H and O–H groups in total. The topological polar surface area (TPSA) is 88.1 Å². The summed E-state index contributed by atoms with van der Waals surface area (Å²) in [7, 11) is 0. The van der Waals surface area contributed by atoms with Crippen LogP contribution in [0.1, 0.15) is 35.7 Å². The van der Waals surface area contributed by atoms with Gasteiger partial charge in [0.15, 0.2) is 0 Å². The van der Waals surface area contributed by atoms with Gasteiger partial charge >= 0.3 is 5.97 Å². The van der Waals surface area contributed by atoms with E-state index in [-0.39, 0.29) is 18.5 Å². The number of anilines is 1. The van der Waals surface area contributed by atoms with E-state index in [1.807, 2.05) is 24.3 Å². The Hall–Kier alpha value is -2.61. The van der Waals surface area contributed by atoms with Gasteiger partial charge in [-0.25, -0.2) is 4.79 Å². The molecule has 2 aliphatic rings. The molecule has 2 aromatic rings. The lowest BCUT2D eigenvalue weighted by atomic mass is 9.84. The number of carbonyl (C=O) groups is 2. The Morgan fingerprint density at radius 3 is 2.77 bits per heavy atom. The average Bonchev–Trinajstić information content (AvgIpc) is 3.01. The van der Waals surface area contributed by atoms with Crippen LogP contribution >= 0.6 is 11.6 Å². The van der Waals surface area contributed by atoms with Gasteiger partial charge in [-0.05, 0) is 18.2 Å². The summed E-state index contributed by atoms with van der Waals surface area (Å²) in [6.45, 7) is 3.31. The monoisotopic (exact) mass is 444 g/mol. The third kappa shape index (κ3) is 4.69. The normalized spacial score (nSPS) is 18.4. The second-order valence-corrected chi connectivity index (χ2v) is 8.45. The summed E-state index contributed by atoms with van der Waals surface area (Å²) in [4.78, 5) is 25.7. The van der Waals surface area contributed by atoms with Gasteiger partial charge in [0, 0.05) is 56.1 Å². The van der Waals surface area contributed by atoms with Crippen LogP contribution in [0.25, 0.3) is 0 Å². The fourth-order valence-corrected chi connectivity index (χ4v) is 4.42. The molecule has 2 heterocycles. The third-order valence-electron chi connectivity index (χ3n) is 5.74. The summed E-state index contributed by atoms with van der Waals surface area (Å²) < 4.78 is 11.5. The highest BCUT2D eigenvalue weighted by molar-refractivity contribution is 6.30. The predicted molar refractivity (Wildman–Crippen MR) is 116 cm³/mol. The summed E-state index contributed by atoms with van der Waals surface area (Å²) in [5.74, 6) is -0.0630. The second kappa shape index (κ2) is 8.86. The number of likely N-dealkylation sites (tertiary alicyclic amines) is 1. The second-order valence-electron chi connectivity index (χ2n) is 8.02. The molecule has 0 radical (unpaired) electrons. The molecule has 1 saturated heterocycles. The molecule has 2 aliphatic heterocycles. The van der Waals surface area contributed by atoms with Crippen LogP contribution in [-0.4, -0.2) is 54.2 Å². The van der Waals surface area contributed by atoms with Crippen molar-refractivity contribution >= 4 is 29.2 Å². The molecule has 1 atom stereocenters. The molecule has 4 rings (SSSR count). The van der Waals surface area contributed by atoms with Gasteiger partial charge in [0.1, 0.15) is 24.1 Å². The van der Waals surface area contributed by atoms with E-state index in [1.165, 1.54) is 6.92 Å². The third-order valence-corrected chi connectivity index (χ3v) is 5.98. The number of piperidine rings is 1. The number of carbonyl (C=O) groups excluding carboxylic acids is 2. The number of aliphatic hydroxyl groups excluding tert-OH is 1. The first-order valence-corrected chi connectivity index (χ1v) is 10.7. The van der Waals surface area contributed by atoms with Gasteiger partial charge in [-0.3, -0.25) is 4.79 Å². The van der Waals surface area contributed by atoms with Crippen LogP contribution in [0.2, 0.25) is 5.02 Å². The standard InChI is InChI=1S/C23H25ClN2O5/c1-15(27)25-20-7-6-16(24)12-21(20)30-14-17(28)13-26-10-8-23(9-11-26)19-5-3-2-4-18(19)22(29)31-23/h2-7,12,17,28H,8-11,13-14H2,1H3,(H,25,27)/t17-/m1/s1. The van der Waals surface area contributed by atoms with Crippen LogP contribution in [-0.2, 0) is 15.1 Å². The Bertz CT molecular complexity index is 988. The van der Waals surface area contributed by atoms with Gasteiger partial charge in [-0.1, -0.05) is 29.8 Å². The number of amides is 1. The number of β-amino-alcohol motifs (C(OH)–C–C–N with tert-alkyl or cyclic N) is 1. The number of rotatable bonds is 6. The number of aliphatic hydroxyl groups is 1. The first kappa shape index (κ1) is 21.6. The maximum atomic E-state index is 12.2. The Morgan fingerprint density at radius 1 is 1.29 bits per heavy atom. The van der Waals surface area contributed by atoms with E-state index >= 15 is 0 Å². The minimum absolute atomic E-state index is 0.0619. The molecule has 7 nitrogen and oxygen atoms in total. The zero-order valence-electron chi connectivity index (χ0n) is 17.3. The number of hydrogen-bond donors (Lipinski definition) is 2. The van der Waals surface area contributed by atoms with E-state index in [4.69, 9.17) is 21.1 Å². The van der Waals surface area contributed by atoms with Gasteiger partial charge in [-0.15, -0.1) is 0 Å². The minimum Gasteiger partial charge on any atom is -0.489 e. The van der Waals surface area contributed by atoms with Gasteiger partial charge in [0.25, 0.3) is 0 Å². The molecule has 1 spiro atoms. The molecule has 164 valence electrons. The van der Waals surface area contributed by atoms with E-state index in [2.05, 4.69) is 10.2 Å². The van der Waals surface area contributed by atoms with Crippen molar-refractivity contribution in [1.29, 1.82) is 0 Å². The maximum absolute atomic E-state index is 12.2. The molecule has 0 aliphatic carbocycles. The maximum Gasteiger partial charge on any atom is 0.339 e. The van der Waals surface area contributed by atoms with Crippen LogP contribution in [0.15, 0.2) is 42.5 Å². The van der Waals surface area contributed by atoms with Crippen molar-refractivity contribution in [3.63, 3.8) is 0 Å². The first-order chi connectivity index (χ1) is 14.9. The molecule has 8 heteroatoms. The number of halogens is 1. The quantitative estimate of drug-likeness (QED) is 0.665. The fourth-order valence-electron chi connectivity index (χ4n) is 4.26. The van der Waals surface area contributed by atoms with E-state index in [0.717, 1.165) is 5.56 Å². The van der Waals surface area contributed by atoms with Crippen molar-refractivity contribution in [2.75, 3.05) is 31.6 Å². The summed E-state index contributed by atoms with van der Waals surface area (Å²) in [5, 5.41) is 13.7. The van der Waals surface area contributed by atoms with Gasteiger partial charge < -0.3 is 24.8 Å². The summed E-state index contributed by atoms with van der Waals surface area (Å²) in [6.07, 6.45) is 0.644. The van der Waals surface area contributed by atoms with Crippen molar-refractivity contribution < 1.29 is 24.2 Å². The van der Waals surface area contributed by atoms with E-state index in [1.54, 1.807) is 18.2 Å². The lowest BCUT2D eigenvalue weighted by Gasteiger charge is -2.39.